The minimum atomic E-state index is -0.562. The number of hydrogen-bond donors (Lipinski definition) is 1. The second-order valence-corrected chi connectivity index (χ2v) is 10.3. The van der Waals surface area contributed by atoms with E-state index >= 15 is 0 Å². The lowest BCUT2D eigenvalue weighted by atomic mass is 9.83. The summed E-state index contributed by atoms with van der Waals surface area (Å²) in [5.74, 6) is 1.11. The number of carbonyl (C=O) groups is 1. The SMILES string of the molecule is CCCOc1ccccc1C(=O)Oc1ccc2c(c1)OC(N)=C(C#N)C2c1ccc(OCc2ccc(C)cc2)c(OCC)c1. The Hall–Kier alpha value is -5.42. The molecule has 8 heteroatoms. The number of esters is 1. The lowest BCUT2D eigenvalue weighted by Crippen LogP contribution is -2.21. The van der Waals surface area contributed by atoms with Crippen LogP contribution < -0.4 is 29.4 Å². The van der Waals surface area contributed by atoms with Crippen molar-refractivity contribution in [2.24, 2.45) is 5.73 Å². The van der Waals surface area contributed by atoms with Crippen LogP contribution in [0.2, 0.25) is 0 Å². The van der Waals surface area contributed by atoms with Gasteiger partial charge in [0.05, 0.1) is 19.1 Å². The third-order valence-corrected chi connectivity index (χ3v) is 7.09. The first-order valence-corrected chi connectivity index (χ1v) is 14.5. The molecule has 0 radical (unpaired) electrons. The molecule has 1 aliphatic heterocycles. The van der Waals surface area contributed by atoms with Crippen molar-refractivity contribution in [2.45, 2.75) is 39.7 Å². The van der Waals surface area contributed by atoms with E-state index in [0.717, 1.165) is 17.5 Å². The number of aryl methyl sites for hydroxylation is 1. The van der Waals surface area contributed by atoms with Gasteiger partial charge in [-0.15, -0.1) is 0 Å². The Morgan fingerprint density at radius 3 is 2.45 bits per heavy atom. The zero-order valence-electron chi connectivity index (χ0n) is 25.0. The van der Waals surface area contributed by atoms with Crippen LogP contribution in [0.5, 0.6) is 28.7 Å². The topological polar surface area (TPSA) is 113 Å². The zero-order chi connectivity index (χ0) is 31.1. The molecule has 1 unspecified atom stereocenters. The number of benzene rings is 4. The quantitative estimate of drug-likeness (QED) is 0.144. The van der Waals surface area contributed by atoms with E-state index in [1.807, 2.05) is 63.2 Å². The van der Waals surface area contributed by atoms with E-state index in [1.54, 1.807) is 42.5 Å². The van der Waals surface area contributed by atoms with Crippen LogP contribution in [0, 0.1) is 18.3 Å². The highest BCUT2D eigenvalue weighted by Crippen LogP contribution is 2.45. The molecular weight excluding hydrogens is 556 g/mol. The van der Waals surface area contributed by atoms with Crippen LogP contribution in [0.1, 0.15) is 58.8 Å². The van der Waals surface area contributed by atoms with E-state index in [2.05, 4.69) is 6.07 Å². The van der Waals surface area contributed by atoms with Gasteiger partial charge in [-0.1, -0.05) is 61.0 Å². The first kappa shape index (κ1) is 30.1. The highest BCUT2D eigenvalue weighted by molar-refractivity contribution is 5.94. The van der Waals surface area contributed by atoms with Crippen LogP contribution in [-0.4, -0.2) is 19.2 Å². The number of hydrogen-bond acceptors (Lipinski definition) is 8. The van der Waals surface area contributed by atoms with E-state index in [0.29, 0.717) is 53.9 Å². The fourth-order valence-electron chi connectivity index (χ4n) is 4.91. The van der Waals surface area contributed by atoms with Gasteiger partial charge in [-0.2, -0.15) is 5.26 Å². The van der Waals surface area contributed by atoms with Crippen LogP contribution in [0.4, 0.5) is 0 Å². The largest absolute Gasteiger partial charge is 0.493 e. The Morgan fingerprint density at radius 1 is 0.909 bits per heavy atom. The van der Waals surface area contributed by atoms with Crippen LogP contribution in [-0.2, 0) is 6.61 Å². The number of nitrogens with zero attached hydrogens (tertiary/aromatic N) is 1. The van der Waals surface area contributed by atoms with Crippen molar-refractivity contribution in [1.29, 1.82) is 5.26 Å². The van der Waals surface area contributed by atoms with Crippen LogP contribution in [0.25, 0.3) is 0 Å². The summed E-state index contributed by atoms with van der Waals surface area (Å²) in [7, 11) is 0. The molecule has 2 N–H and O–H groups in total. The summed E-state index contributed by atoms with van der Waals surface area (Å²) >= 11 is 0. The van der Waals surface area contributed by atoms with E-state index in [-0.39, 0.29) is 17.2 Å². The molecule has 5 rings (SSSR count). The fraction of sp³-hybridized carbons (Fsp3) is 0.222. The van der Waals surface area contributed by atoms with Crippen molar-refractivity contribution in [3.63, 3.8) is 0 Å². The third-order valence-electron chi connectivity index (χ3n) is 7.09. The van der Waals surface area contributed by atoms with E-state index in [4.69, 9.17) is 29.4 Å². The molecule has 0 saturated carbocycles. The molecule has 1 heterocycles. The fourth-order valence-corrected chi connectivity index (χ4v) is 4.91. The van der Waals surface area contributed by atoms with E-state index in [1.165, 1.54) is 5.56 Å². The predicted octanol–water partition coefficient (Wildman–Crippen LogP) is 7.20. The smallest absolute Gasteiger partial charge is 0.347 e. The molecule has 0 fully saturated rings. The maximum atomic E-state index is 13.1. The first-order valence-electron chi connectivity index (χ1n) is 14.5. The standard InChI is InChI=1S/C36H34N2O6/c1-4-18-41-30-9-7-6-8-28(30)36(39)43-26-15-16-27-32(20-26)44-35(38)29(21-37)34(27)25-14-17-31(33(19-25)40-5-2)42-22-24-12-10-23(3)11-13-24/h6-17,19-20,34H,4-5,18,22,38H2,1-3H3. The number of carbonyl (C=O) groups excluding carboxylic acids is 1. The molecule has 0 saturated heterocycles. The maximum Gasteiger partial charge on any atom is 0.347 e. The molecule has 8 nitrogen and oxygen atoms in total. The van der Waals surface area contributed by atoms with Crippen molar-refractivity contribution in [3.8, 4) is 34.8 Å². The molecular formula is C36H34N2O6. The first-order chi connectivity index (χ1) is 21.4. The molecule has 224 valence electrons. The summed E-state index contributed by atoms with van der Waals surface area (Å²) in [4.78, 5) is 13.1. The average Bonchev–Trinajstić information content (AvgIpc) is 3.03. The number of nitrogens with two attached hydrogens (primary N) is 1. The summed E-state index contributed by atoms with van der Waals surface area (Å²) in [5.41, 5.74) is 10.5. The van der Waals surface area contributed by atoms with Crippen molar-refractivity contribution in [2.75, 3.05) is 13.2 Å². The van der Waals surface area contributed by atoms with Crippen LogP contribution in [0.3, 0.4) is 0 Å². The Labute approximate surface area is 257 Å². The number of para-hydroxylation sites is 1. The van der Waals surface area contributed by atoms with Crippen molar-refractivity contribution in [1.82, 2.24) is 0 Å². The van der Waals surface area contributed by atoms with Gasteiger partial charge in [0, 0.05) is 11.6 Å². The van der Waals surface area contributed by atoms with Crippen LogP contribution >= 0.6 is 0 Å². The van der Waals surface area contributed by atoms with Crippen molar-refractivity contribution < 1.29 is 28.5 Å². The van der Waals surface area contributed by atoms with Gasteiger partial charge in [0.1, 0.15) is 41.1 Å². The number of rotatable bonds is 11. The van der Waals surface area contributed by atoms with Gasteiger partial charge >= 0.3 is 5.97 Å². The van der Waals surface area contributed by atoms with Gasteiger partial charge in [0.15, 0.2) is 11.5 Å². The number of fused-ring (bicyclic) bond motifs is 1. The Morgan fingerprint density at radius 2 is 1.70 bits per heavy atom. The highest BCUT2D eigenvalue weighted by Gasteiger charge is 2.32. The summed E-state index contributed by atoms with van der Waals surface area (Å²) < 4.78 is 29.3. The highest BCUT2D eigenvalue weighted by atomic mass is 16.5. The number of allylic oxidation sites excluding steroid dienone is 1. The summed E-state index contributed by atoms with van der Waals surface area (Å²) in [6.07, 6.45) is 0.807. The monoisotopic (exact) mass is 590 g/mol. The van der Waals surface area contributed by atoms with Gasteiger partial charge in [0.25, 0.3) is 0 Å². The Balaban J connectivity index is 1.43. The molecule has 0 amide bonds. The summed E-state index contributed by atoms with van der Waals surface area (Å²) in [6, 6.07) is 27.9. The molecule has 4 aromatic carbocycles. The number of ether oxygens (including phenoxy) is 5. The van der Waals surface area contributed by atoms with Gasteiger partial charge < -0.3 is 29.4 Å². The maximum absolute atomic E-state index is 13.1. The molecule has 0 bridgehead atoms. The minimum absolute atomic E-state index is 0.0237. The Bertz CT molecular complexity index is 1720. The predicted molar refractivity (Wildman–Crippen MR) is 166 cm³/mol. The third kappa shape index (κ3) is 6.63. The normalized spacial score (nSPS) is 13.7. The second-order valence-electron chi connectivity index (χ2n) is 10.3. The Kier molecular flexibility index (Phi) is 9.36. The molecule has 44 heavy (non-hydrogen) atoms. The molecule has 0 aromatic heterocycles. The summed E-state index contributed by atoms with van der Waals surface area (Å²) in [5, 5.41) is 10.1. The molecule has 1 atom stereocenters. The van der Waals surface area contributed by atoms with Gasteiger partial charge in [0.2, 0.25) is 5.88 Å². The minimum Gasteiger partial charge on any atom is -0.493 e. The van der Waals surface area contributed by atoms with Crippen molar-refractivity contribution >= 4 is 5.97 Å². The molecule has 1 aliphatic rings. The van der Waals surface area contributed by atoms with Gasteiger partial charge in [-0.25, -0.2) is 4.79 Å². The van der Waals surface area contributed by atoms with Gasteiger partial charge in [-0.3, -0.25) is 0 Å². The molecule has 0 aliphatic carbocycles. The summed E-state index contributed by atoms with van der Waals surface area (Å²) in [6.45, 7) is 7.22. The zero-order valence-corrected chi connectivity index (χ0v) is 25.0. The molecule has 4 aromatic rings. The lowest BCUT2D eigenvalue weighted by Gasteiger charge is -2.27. The average molecular weight is 591 g/mol. The van der Waals surface area contributed by atoms with E-state index in [9.17, 15) is 10.1 Å². The molecule has 0 spiro atoms. The number of nitriles is 1. The second kappa shape index (κ2) is 13.7. The van der Waals surface area contributed by atoms with Crippen molar-refractivity contribution in [3.05, 3.63) is 124 Å². The van der Waals surface area contributed by atoms with Gasteiger partial charge in [-0.05, 0) is 61.7 Å². The van der Waals surface area contributed by atoms with Crippen LogP contribution in [0.15, 0.2) is 96.4 Å². The van der Waals surface area contributed by atoms with E-state index < -0.39 is 11.9 Å². The lowest BCUT2D eigenvalue weighted by molar-refractivity contribution is 0.0730.